The zero-order valence-electron chi connectivity index (χ0n) is 7.50. The van der Waals surface area contributed by atoms with E-state index < -0.39 is 6.09 Å². The zero-order chi connectivity index (χ0) is 10.1. The van der Waals surface area contributed by atoms with Crippen molar-refractivity contribution in [3.05, 3.63) is 34.1 Å². The SMILES string of the molecule is Cl.O=C1N[C@H](c2ccc(Br)c(F)c2)CO1. The standard InChI is InChI=1S/C9H7BrFNO2.ClH/c10-6-2-1-5(3-7(6)11)8-4-14-9(13)12-8;/h1-3,8H,4H2,(H,12,13);1H/t8-;/m0./s1. The van der Waals surface area contributed by atoms with E-state index in [0.717, 1.165) is 0 Å². The minimum Gasteiger partial charge on any atom is -0.447 e. The Kier molecular flexibility index (Phi) is 3.93. The van der Waals surface area contributed by atoms with Gasteiger partial charge in [0.05, 0.1) is 10.5 Å². The molecule has 1 aromatic carbocycles. The van der Waals surface area contributed by atoms with Gasteiger partial charge in [-0.2, -0.15) is 0 Å². The highest BCUT2D eigenvalue weighted by molar-refractivity contribution is 9.10. The number of hydrogen-bond donors (Lipinski definition) is 1. The number of halogens is 3. The van der Waals surface area contributed by atoms with Crippen LogP contribution < -0.4 is 5.32 Å². The Morgan fingerprint density at radius 2 is 2.27 bits per heavy atom. The fourth-order valence-corrected chi connectivity index (χ4v) is 1.54. The highest BCUT2D eigenvalue weighted by Gasteiger charge is 2.24. The lowest BCUT2D eigenvalue weighted by Gasteiger charge is -2.07. The number of rotatable bonds is 1. The Hall–Kier alpha value is -0.810. The van der Waals surface area contributed by atoms with E-state index in [0.29, 0.717) is 10.0 Å². The van der Waals surface area contributed by atoms with Gasteiger partial charge in [-0.25, -0.2) is 9.18 Å². The van der Waals surface area contributed by atoms with E-state index in [4.69, 9.17) is 4.74 Å². The number of hydrogen-bond acceptors (Lipinski definition) is 2. The second-order valence-electron chi connectivity index (χ2n) is 2.97. The molecule has 82 valence electrons. The summed E-state index contributed by atoms with van der Waals surface area (Å²) in [6.07, 6.45) is -0.460. The molecular weight excluding hydrogens is 288 g/mol. The molecule has 1 saturated heterocycles. The van der Waals surface area contributed by atoms with Gasteiger partial charge < -0.3 is 10.1 Å². The summed E-state index contributed by atoms with van der Waals surface area (Å²) in [5.74, 6) is -0.344. The second-order valence-corrected chi connectivity index (χ2v) is 3.82. The molecule has 0 unspecified atom stereocenters. The van der Waals surface area contributed by atoms with Gasteiger partial charge in [-0.3, -0.25) is 0 Å². The summed E-state index contributed by atoms with van der Waals surface area (Å²) >= 11 is 3.06. The molecule has 1 N–H and O–H groups in total. The average Bonchev–Trinajstić information content (AvgIpc) is 2.57. The Labute approximate surface area is 101 Å². The molecule has 1 aromatic rings. The van der Waals surface area contributed by atoms with Gasteiger partial charge in [-0.1, -0.05) is 6.07 Å². The quantitative estimate of drug-likeness (QED) is 0.865. The molecule has 6 heteroatoms. The van der Waals surface area contributed by atoms with Gasteiger partial charge in [0.2, 0.25) is 0 Å². The van der Waals surface area contributed by atoms with Crippen molar-refractivity contribution in [2.45, 2.75) is 6.04 Å². The van der Waals surface area contributed by atoms with Crippen molar-refractivity contribution in [2.75, 3.05) is 6.61 Å². The highest BCUT2D eigenvalue weighted by Crippen LogP contribution is 2.22. The van der Waals surface area contributed by atoms with Crippen LogP contribution in [0.3, 0.4) is 0 Å². The molecule has 1 amide bonds. The highest BCUT2D eigenvalue weighted by atomic mass is 79.9. The van der Waals surface area contributed by atoms with Crippen LogP contribution in [0, 0.1) is 5.82 Å². The Balaban J connectivity index is 0.00000112. The fourth-order valence-electron chi connectivity index (χ4n) is 1.29. The van der Waals surface area contributed by atoms with E-state index in [1.165, 1.54) is 6.07 Å². The van der Waals surface area contributed by atoms with Gasteiger partial charge >= 0.3 is 6.09 Å². The maximum atomic E-state index is 13.1. The topological polar surface area (TPSA) is 38.3 Å². The number of ether oxygens (including phenoxy) is 1. The molecule has 1 fully saturated rings. The summed E-state index contributed by atoms with van der Waals surface area (Å²) in [5.41, 5.74) is 0.705. The van der Waals surface area contributed by atoms with Crippen molar-refractivity contribution in [2.24, 2.45) is 0 Å². The third-order valence-electron chi connectivity index (χ3n) is 2.02. The number of carbonyl (C=O) groups is 1. The lowest BCUT2D eigenvalue weighted by molar-refractivity contribution is 0.177. The molecule has 1 atom stereocenters. The van der Waals surface area contributed by atoms with E-state index in [-0.39, 0.29) is 30.9 Å². The summed E-state index contributed by atoms with van der Waals surface area (Å²) in [6, 6.07) is 4.48. The summed E-state index contributed by atoms with van der Waals surface area (Å²) < 4.78 is 18.2. The first-order valence-electron chi connectivity index (χ1n) is 4.05. The van der Waals surface area contributed by atoms with E-state index in [9.17, 15) is 9.18 Å². The Bertz CT molecular complexity index is 388. The molecular formula is C9H8BrClFNO2. The molecule has 1 heterocycles. The Morgan fingerprint density at radius 3 is 2.80 bits per heavy atom. The normalized spacial score (nSPS) is 19.1. The van der Waals surface area contributed by atoms with E-state index in [1.807, 2.05) is 0 Å². The molecule has 0 aromatic heterocycles. The molecule has 0 aliphatic carbocycles. The van der Waals surface area contributed by atoms with Crippen LogP contribution in [0.2, 0.25) is 0 Å². The Morgan fingerprint density at radius 1 is 1.53 bits per heavy atom. The van der Waals surface area contributed by atoms with Gasteiger partial charge in [0.1, 0.15) is 12.4 Å². The molecule has 0 bridgehead atoms. The zero-order valence-corrected chi connectivity index (χ0v) is 9.90. The van der Waals surface area contributed by atoms with Gasteiger partial charge in [-0.15, -0.1) is 12.4 Å². The van der Waals surface area contributed by atoms with Crippen LogP contribution in [0.4, 0.5) is 9.18 Å². The molecule has 0 saturated carbocycles. The van der Waals surface area contributed by atoms with Crippen molar-refractivity contribution < 1.29 is 13.9 Å². The number of carbonyl (C=O) groups excluding carboxylic acids is 1. The molecule has 1 aliphatic heterocycles. The largest absolute Gasteiger partial charge is 0.447 e. The second kappa shape index (κ2) is 4.81. The van der Waals surface area contributed by atoms with Crippen molar-refractivity contribution in [3.8, 4) is 0 Å². The fraction of sp³-hybridized carbons (Fsp3) is 0.222. The molecule has 0 radical (unpaired) electrons. The van der Waals surface area contributed by atoms with Gasteiger partial charge in [0.15, 0.2) is 0 Å². The number of amides is 1. The van der Waals surface area contributed by atoms with Gasteiger partial charge in [-0.05, 0) is 33.6 Å². The number of cyclic esters (lactones) is 1. The van der Waals surface area contributed by atoms with E-state index in [2.05, 4.69) is 21.2 Å². The minimum atomic E-state index is -0.460. The van der Waals surface area contributed by atoms with E-state index >= 15 is 0 Å². The lowest BCUT2D eigenvalue weighted by atomic mass is 10.1. The molecule has 15 heavy (non-hydrogen) atoms. The van der Waals surface area contributed by atoms with Gasteiger partial charge in [0, 0.05) is 0 Å². The smallest absolute Gasteiger partial charge is 0.407 e. The predicted molar refractivity (Wildman–Crippen MR) is 58.6 cm³/mol. The van der Waals surface area contributed by atoms with Crippen LogP contribution in [-0.4, -0.2) is 12.7 Å². The van der Waals surface area contributed by atoms with Crippen LogP contribution in [0.5, 0.6) is 0 Å². The van der Waals surface area contributed by atoms with E-state index in [1.54, 1.807) is 12.1 Å². The molecule has 1 aliphatic rings. The summed E-state index contributed by atoms with van der Waals surface area (Å²) in [4.78, 5) is 10.7. The molecule has 2 rings (SSSR count). The summed E-state index contributed by atoms with van der Waals surface area (Å²) in [7, 11) is 0. The van der Waals surface area contributed by atoms with Crippen LogP contribution in [-0.2, 0) is 4.74 Å². The number of alkyl carbamates (subject to hydrolysis) is 1. The molecule has 0 spiro atoms. The number of nitrogens with one attached hydrogen (secondary N) is 1. The van der Waals surface area contributed by atoms with Crippen molar-refractivity contribution in [1.82, 2.24) is 5.32 Å². The molecule has 3 nitrogen and oxygen atoms in total. The van der Waals surface area contributed by atoms with Crippen LogP contribution >= 0.6 is 28.3 Å². The maximum absolute atomic E-state index is 13.1. The average molecular weight is 297 g/mol. The third kappa shape index (κ3) is 2.60. The predicted octanol–water partition coefficient (Wildman–Crippen LogP) is 2.79. The van der Waals surface area contributed by atoms with Crippen molar-refractivity contribution in [3.63, 3.8) is 0 Å². The summed E-state index contributed by atoms with van der Waals surface area (Å²) in [6.45, 7) is 0.250. The number of benzene rings is 1. The first kappa shape index (κ1) is 12.3. The first-order valence-corrected chi connectivity index (χ1v) is 4.84. The lowest BCUT2D eigenvalue weighted by Crippen LogP contribution is -2.18. The summed E-state index contributed by atoms with van der Waals surface area (Å²) in [5, 5.41) is 2.57. The minimum absolute atomic E-state index is 0. The van der Waals surface area contributed by atoms with Crippen LogP contribution in [0.25, 0.3) is 0 Å². The third-order valence-corrected chi connectivity index (χ3v) is 2.66. The van der Waals surface area contributed by atoms with Gasteiger partial charge in [0.25, 0.3) is 0 Å². The van der Waals surface area contributed by atoms with Crippen LogP contribution in [0.15, 0.2) is 22.7 Å². The first-order chi connectivity index (χ1) is 6.66. The maximum Gasteiger partial charge on any atom is 0.407 e. The van der Waals surface area contributed by atoms with Crippen molar-refractivity contribution in [1.29, 1.82) is 0 Å². The van der Waals surface area contributed by atoms with Crippen molar-refractivity contribution >= 4 is 34.4 Å². The van der Waals surface area contributed by atoms with Crippen LogP contribution in [0.1, 0.15) is 11.6 Å². The monoisotopic (exact) mass is 295 g/mol.